The Bertz CT molecular complexity index is 732. The van der Waals surface area contributed by atoms with Crippen molar-refractivity contribution in [1.82, 2.24) is 5.32 Å². The number of benzene rings is 1. The molecule has 2 N–H and O–H groups in total. The van der Waals surface area contributed by atoms with Crippen molar-refractivity contribution in [2.75, 3.05) is 0 Å². The zero-order valence-electron chi connectivity index (χ0n) is 12.3. The molecule has 2 aromatic rings. The Balaban J connectivity index is 2.26. The van der Waals surface area contributed by atoms with Gasteiger partial charge in [0.1, 0.15) is 5.82 Å². The number of carboxylic acids is 1. The van der Waals surface area contributed by atoms with Gasteiger partial charge >= 0.3 is 5.97 Å². The third kappa shape index (κ3) is 4.30. The fourth-order valence-corrected chi connectivity index (χ4v) is 3.21. The van der Waals surface area contributed by atoms with E-state index in [0.717, 1.165) is 11.6 Å². The first-order chi connectivity index (χ1) is 10.9. The molecule has 1 atom stereocenters. The lowest BCUT2D eigenvalue weighted by Crippen LogP contribution is -2.30. The SMILES string of the molecule is CCc1ccsc1C(=O)NC(CC(=O)O)c1ccc(Cl)c(F)c1. The highest BCUT2D eigenvalue weighted by Gasteiger charge is 2.21. The monoisotopic (exact) mass is 355 g/mol. The molecule has 0 saturated heterocycles. The Morgan fingerprint density at radius 2 is 2.13 bits per heavy atom. The standard InChI is InChI=1S/C16H15ClFNO3S/c1-2-9-5-6-23-15(9)16(22)19-13(8-14(20)21)10-3-4-11(17)12(18)7-10/h3-7,13H,2,8H2,1H3,(H,19,22)(H,20,21). The van der Waals surface area contributed by atoms with E-state index in [-0.39, 0.29) is 17.4 Å². The second kappa shape index (κ2) is 7.57. The summed E-state index contributed by atoms with van der Waals surface area (Å²) in [5.74, 6) is -2.11. The average Bonchev–Trinajstić information content (AvgIpc) is 2.97. The number of halogens is 2. The summed E-state index contributed by atoms with van der Waals surface area (Å²) in [6.07, 6.45) is 0.352. The maximum absolute atomic E-state index is 13.6. The average molecular weight is 356 g/mol. The Morgan fingerprint density at radius 3 is 2.74 bits per heavy atom. The van der Waals surface area contributed by atoms with Gasteiger partial charge in [0.2, 0.25) is 0 Å². The molecular formula is C16H15ClFNO3S. The van der Waals surface area contributed by atoms with Crippen LogP contribution in [0.25, 0.3) is 0 Å². The largest absolute Gasteiger partial charge is 0.481 e. The molecule has 0 spiro atoms. The normalized spacial score (nSPS) is 12.0. The van der Waals surface area contributed by atoms with Gasteiger partial charge in [-0.3, -0.25) is 9.59 Å². The van der Waals surface area contributed by atoms with Gasteiger partial charge in [-0.1, -0.05) is 24.6 Å². The van der Waals surface area contributed by atoms with Crippen molar-refractivity contribution in [2.24, 2.45) is 0 Å². The minimum Gasteiger partial charge on any atom is -0.481 e. The molecule has 23 heavy (non-hydrogen) atoms. The van der Waals surface area contributed by atoms with Crippen LogP contribution in [0.4, 0.5) is 4.39 Å². The van der Waals surface area contributed by atoms with Crippen LogP contribution in [-0.4, -0.2) is 17.0 Å². The molecule has 0 aliphatic carbocycles. The van der Waals surface area contributed by atoms with Crippen LogP contribution in [0.5, 0.6) is 0 Å². The van der Waals surface area contributed by atoms with Crippen molar-refractivity contribution in [3.8, 4) is 0 Å². The van der Waals surface area contributed by atoms with Gasteiger partial charge in [0, 0.05) is 0 Å². The fraction of sp³-hybridized carbons (Fsp3) is 0.250. The first kappa shape index (κ1) is 17.4. The van der Waals surface area contributed by atoms with E-state index in [2.05, 4.69) is 5.32 Å². The molecule has 1 unspecified atom stereocenters. The first-order valence-corrected chi connectivity index (χ1v) is 8.22. The van der Waals surface area contributed by atoms with Crippen LogP contribution in [0.2, 0.25) is 5.02 Å². The molecule has 0 aliphatic rings. The van der Waals surface area contributed by atoms with Crippen molar-refractivity contribution in [3.63, 3.8) is 0 Å². The molecule has 1 aromatic carbocycles. The molecule has 0 radical (unpaired) electrons. The highest BCUT2D eigenvalue weighted by molar-refractivity contribution is 7.12. The van der Waals surface area contributed by atoms with E-state index in [1.807, 2.05) is 18.4 Å². The summed E-state index contributed by atoms with van der Waals surface area (Å²) >= 11 is 6.93. The lowest BCUT2D eigenvalue weighted by molar-refractivity contribution is -0.137. The van der Waals surface area contributed by atoms with Gasteiger partial charge in [-0.25, -0.2) is 4.39 Å². The molecule has 1 heterocycles. The molecule has 0 aliphatic heterocycles. The molecule has 2 rings (SSSR count). The quantitative estimate of drug-likeness (QED) is 0.821. The molecule has 0 bridgehead atoms. The second-order valence-corrected chi connectivity index (χ2v) is 6.25. The molecule has 0 saturated carbocycles. The van der Waals surface area contributed by atoms with Crippen molar-refractivity contribution in [2.45, 2.75) is 25.8 Å². The number of aryl methyl sites for hydroxylation is 1. The Morgan fingerprint density at radius 1 is 1.39 bits per heavy atom. The van der Waals surface area contributed by atoms with Crippen molar-refractivity contribution < 1.29 is 19.1 Å². The number of carboxylic acid groups (broad SMARTS) is 1. The number of nitrogens with one attached hydrogen (secondary N) is 1. The van der Waals surface area contributed by atoms with E-state index < -0.39 is 17.8 Å². The molecule has 1 aromatic heterocycles. The maximum Gasteiger partial charge on any atom is 0.305 e. The van der Waals surface area contributed by atoms with Gasteiger partial charge in [0.05, 0.1) is 22.4 Å². The van der Waals surface area contributed by atoms with Crippen molar-refractivity contribution in [3.05, 3.63) is 56.5 Å². The van der Waals surface area contributed by atoms with Crippen LogP contribution in [-0.2, 0) is 11.2 Å². The molecule has 4 nitrogen and oxygen atoms in total. The van der Waals surface area contributed by atoms with E-state index in [1.165, 1.54) is 23.5 Å². The summed E-state index contributed by atoms with van der Waals surface area (Å²) < 4.78 is 13.6. The third-order valence-electron chi connectivity index (χ3n) is 3.36. The van der Waals surface area contributed by atoms with Crippen LogP contribution < -0.4 is 5.32 Å². The third-order valence-corrected chi connectivity index (χ3v) is 4.63. The summed E-state index contributed by atoms with van der Waals surface area (Å²) in [5.41, 5.74) is 1.25. The highest BCUT2D eigenvalue weighted by atomic mass is 35.5. The summed E-state index contributed by atoms with van der Waals surface area (Å²) in [4.78, 5) is 24.0. The number of hydrogen-bond acceptors (Lipinski definition) is 3. The van der Waals surface area contributed by atoms with Gasteiger partial charge in [-0.05, 0) is 41.1 Å². The summed E-state index contributed by atoms with van der Waals surface area (Å²) in [7, 11) is 0. The predicted molar refractivity (Wildman–Crippen MR) is 87.6 cm³/mol. The number of hydrogen-bond donors (Lipinski definition) is 2. The van der Waals surface area contributed by atoms with Crippen LogP contribution in [0.1, 0.15) is 40.2 Å². The van der Waals surface area contributed by atoms with Crippen LogP contribution >= 0.6 is 22.9 Å². The van der Waals surface area contributed by atoms with Gasteiger partial charge in [-0.2, -0.15) is 0 Å². The van der Waals surface area contributed by atoms with Crippen LogP contribution in [0.15, 0.2) is 29.6 Å². The number of carbonyl (C=O) groups excluding carboxylic acids is 1. The van der Waals surface area contributed by atoms with Crippen LogP contribution in [0, 0.1) is 5.82 Å². The van der Waals surface area contributed by atoms with E-state index in [1.54, 1.807) is 0 Å². The van der Waals surface area contributed by atoms with E-state index in [0.29, 0.717) is 16.9 Å². The Labute approximate surface area is 141 Å². The molecule has 0 fully saturated rings. The minimum atomic E-state index is -1.09. The maximum atomic E-state index is 13.6. The summed E-state index contributed by atoms with van der Waals surface area (Å²) in [6, 6.07) is 5.02. The van der Waals surface area contributed by atoms with Crippen molar-refractivity contribution >= 4 is 34.8 Å². The van der Waals surface area contributed by atoms with Gasteiger partial charge in [-0.15, -0.1) is 11.3 Å². The smallest absolute Gasteiger partial charge is 0.305 e. The number of rotatable bonds is 6. The van der Waals surface area contributed by atoms with Crippen molar-refractivity contribution in [1.29, 1.82) is 0 Å². The zero-order chi connectivity index (χ0) is 17.0. The van der Waals surface area contributed by atoms with Gasteiger partial charge in [0.15, 0.2) is 0 Å². The summed E-state index contributed by atoms with van der Waals surface area (Å²) in [6.45, 7) is 1.93. The molecular weight excluding hydrogens is 341 g/mol. The molecule has 1 amide bonds. The number of aliphatic carboxylic acids is 1. The number of carbonyl (C=O) groups is 2. The Kier molecular flexibility index (Phi) is 5.74. The second-order valence-electron chi connectivity index (χ2n) is 4.93. The lowest BCUT2D eigenvalue weighted by atomic mass is 10.0. The molecule has 7 heteroatoms. The van der Waals surface area contributed by atoms with Crippen LogP contribution in [0.3, 0.4) is 0 Å². The van der Waals surface area contributed by atoms with Gasteiger partial charge in [0.25, 0.3) is 5.91 Å². The zero-order valence-corrected chi connectivity index (χ0v) is 13.9. The minimum absolute atomic E-state index is 0.0549. The van der Waals surface area contributed by atoms with E-state index in [9.17, 15) is 14.0 Å². The number of thiophene rings is 1. The lowest BCUT2D eigenvalue weighted by Gasteiger charge is -2.18. The number of amides is 1. The topological polar surface area (TPSA) is 66.4 Å². The summed E-state index contributed by atoms with van der Waals surface area (Å²) in [5, 5.41) is 13.5. The van der Waals surface area contributed by atoms with E-state index >= 15 is 0 Å². The molecule has 122 valence electrons. The highest BCUT2D eigenvalue weighted by Crippen LogP contribution is 2.24. The van der Waals surface area contributed by atoms with Gasteiger partial charge < -0.3 is 10.4 Å². The first-order valence-electron chi connectivity index (χ1n) is 6.96. The Hall–Kier alpha value is -1.92. The predicted octanol–water partition coefficient (Wildman–Crippen LogP) is 4.05. The van der Waals surface area contributed by atoms with E-state index in [4.69, 9.17) is 16.7 Å². The fourth-order valence-electron chi connectivity index (χ4n) is 2.19.